The van der Waals surface area contributed by atoms with Gasteiger partial charge in [-0.25, -0.2) is 4.39 Å². The number of rotatable bonds is 5. The minimum atomic E-state index is -0.288. The molecule has 4 fully saturated rings. The highest BCUT2D eigenvalue weighted by Crippen LogP contribution is 2.48. The number of carbonyl (C=O) groups excluding carboxylic acids is 2. The van der Waals surface area contributed by atoms with Crippen LogP contribution in [0.5, 0.6) is 0 Å². The fourth-order valence-corrected chi connectivity index (χ4v) is 5.55. The average molecular weight is 396 g/mol. The van der Waals surface area contributed by atoms with Gasteiger partial charge in [0, 0.05) is 37.6 Å². The van der Waals surface area contributed by atoms with Gasteiger partial charge in [-0.1, -0.05) is 19.1 Å². The third kappa shape index (κ3) is 3.10. The molecule has 0 N–H and O–H groups in total. The van der Waals surface area contributed by atoms with Crippen LogP contribution in [0.15, 0.2) is 24.3 Å². The number of piperidine rings is 1. The van der Waals surface area contributed by atoms with Crippen LogP contribution in [0.1, 0.15) is 31.7 Å². The summed E-state index contributed by atoms with van der Waals surface area (Å²) in [5.41, 5.74) is 0.802. The molecule has 152 valence electrons. The third-order valence-electron chi connectivity index (χ3n) is 7.07. The lowest BCUT2D eigenvalue weighted by Crippen LogP contribution is -2.52. The zero-order valence-corrected chi connectivity index (χ0v) is 16.5. The van der Waals surface area contributed by atoms with E-state index < -0.39 is 0 Å². The first kappa shape index (κ1) is 18.6. The summed E-state index contributed by atoms with van der Waals surface area (Å²) >= 11 is 0. The second-order valence-electron chi connectivity index (χ2n) is 9.05. The van der Waals surface area contributed by atoms with Crippen molar-refractivity contribution in [2.24, 2.45) is 11.8 Å². The maximum absolute atomic E-state index is 13.5. The van der Waals surface area contributed by atoms with Crippen molar-refractivity contribution in [3.05, 3.63) is 35.6 Å². The molecule has 0 radical (unpaired) electrons. The lowest BCUT2D eigenvalue weighted by atomic mass is 10.1. The number of benzene rings is 1. The molecular formula is C22H25FN4O2. The molecule has 6 atom stereocenters. The molecule has 1 aromatic rings. The summed E-state index contributed by atoms with van der Waals surface area (Å²) in [6.07, 6.45) is 2.60. The minimum Gasteiger partial charge on any atom is -0.333 e. The monoisotopic (exact) mass is 396 g/mol. The normalized spacial score (nSPS) is 33.7. The summed E-state index contributed by atoms with van der Waals surface area (Å²) in [5, 5.41) is 9.35. The Labute approximate surface area is 169 Å². The van der Waals surface area contributed by atoms with Gasteiger partial charge in [-0.05, 0) is 42.9 Å². The molecule has 6 nitrogen and oxygen atoms in total. The number of fused-ring (bicyclic) bond motifs is 3. The van der Waals surface area contributed by atoms with Gasteiger partial charge in [0.25, 0.3) is 0 Å². The number of hydrogen-bond acceptors (Lipinski definition) is 4. The molecule has 0 unspecified atom stereocenters. The number of nitrogens with zero attached hydrogens (tertiary/aromatic N) is 4. The van der Waals surface area contributed by atoms with E-state index in [-0.39, 0.29) is 47.7 Å². The second kappa shape index (κ2) is 6.81. The predicted molar refractivity (Wildman–Crippen MR) is 103 cm³/mol. The van der Waals surface area contributed by atoms with Gasteiger partial charge in [-0.15, -0.1) is 0 Å². The van der Waals surface area contributed by atoms with E-state index in [1.54, 1.807) is 6.07 Å². The number of hydrogen-bond donors (Lipinski definition) is 0. The molecule has 29 heavy (non-hydrogen) atoms. The van der Waals surface area contributed by atoms with Crippen LogP contribution in [0.25, 0.3) is 0 Å². The van der Waals surface area contributed by atoms with Crippen molar-refractivity contribution >= 4 is 11.8 Å². The molecule has 7 heteroatoms. The Hall–Kier alpha value is -2.46. The Balaban J connectivity index is 1.21. The van der Waals surface area contributed by atoms with Crippen LogP contribution in [-0.4, -0.2) is 63.8 Å². The second-order valence-corrected chi connectivity index (χ2v) is 9.05. The van der Waals surface area contributed by atoms with Crippen LogP contribution in [0.3, 0.4) is 0 Å². The van der Waals surface area contributed by atoms with Crippen LogP contribution in [0, 0.1) is 29.0 Å². The highest BCUT2D eigenvalue weighted by atomic mass is 19.1. The van der Waals surface area contributed by atoms with Gasteiger partial charge in [0.05, 0.1) is 12.1 Å². The molecule has 3 aliphatic heterocycles. The van der Waals surface area contributed by atoms with Crippen molar-refractivity contribution in [1.29, 1.82) is 5.26 Å². The zero-order valence-electron chi connectivity index (χ0n) is 16.5. The fraction of sp³-hybridized carbons (Fsp3) is 0.591. The smallest absolute Gasteiger partial charge is 0.240 e. The van der Waals surface area contributed by atoms with Gasteiger partial charge in [0.15, 0.2) is 0 Å². The molecule has 1 aromatic carbocycles. The lowest BCUT2D eigenvalue weighted by molar-refractivity contribution is -0.141. The molecular weight excluding hydrogens is 371 g/mol. The molecule has 2 bridgehead atoms. The van der Waals surface area contributed by atoms with Crippen molar-refractivity contribution in [2.75, 3.05) is 13.1 Å². The van der Waals surface area contributed by atoms with Gasteiger partial charge in [-0.3, -0.25) is 14.5 Å². The van der Waals surface area contributed by atoms with E-state index in [0.717, 1.165) is 31.4 Å². The van der Waals surface area contributed by atoms with E-state index in [2.05, 4.69) is 11.0 Å². The highest BCUT2D eigenvalue weighted by Gasteiger charge is 2.55. The number of halogens is 1. The van der Waals surface area contributed by atoms with E-state index in [1.807, 2.05) is 22.8 Å². The Morgan fingerprint density at radius 3 is 2.90 bits per heavy atom. The SMILES string of the molecule is C[C@@H](CN1C[C@@H]2C[C@H]1C(=O)N2Cc1cccc(F)c1)C(=O)N1[C@H](C#N)C[C@@H]2C[C@@H]21. The van der Waals surface area contributed by atoms with Gasteiger partial charge in [-0.2, -0.15) is 5.26 Å². The Bertz CT molecular complexity index is 899. The molecule has 3 saturated heterocycles. The molecule has 0 spiro atoms. The summed E-state index contributed by atoms with van der Waals surface area (Å²) in [4.78, 5) is 31.6. The van der Waals surface area contributed by atoms with E-state index in [1.165, 1.54) is 12.1 Å². The summed E-state index contributed by atoms with van der Waals surface area (Å²) in [6, 6.07) is 8.56. The first-order chi connectivity index (χ1) is 14.0. The van der Waals surface area contributed by atoms with E-state index in [9.17, 15) is 19.2 Å². The van der Waals surface area contributed by atoms with Crippen molar-refractivity contribution in [3.63, 3.8) is 0 Å². The summed E-state index contributed by atoms with van der Waals surface area (Å²) in [5.74, 6) is 0.117. The van der Waals surface area contributed by atoms with Crippen molar-refractivity contribution < 1.29 is 14.0 Å². The van der Waals surface area contributed by atoms with Crippen LogP contribution in [0.4, 0.5) is 4.39 Å². The molecule has 0 aromatic heterocycles. The van der Waals surface area contributed by atoms with E-state index in [4.69, 9.17) is 0 Å². The molecule has 1 aliphatic carbocycles. The average Bonchev–Trinajstić information content (AvgIpc) is 3.04. The van der Waals surface area contributed by atoms with Crippen LogP contribution in [0.2, 0.25) is 0 Å². The number of amides is 2. The fourth-order valence-electron chi connectivity index (χ4n) is 5.55. The first-order valence-corrected chi connectivity index (χ1v) is 10.5. The van der Waals surface area contributed by atoms with Gasteiger partial charge >= 0.3 is 0 Å². The van der Waals surface area contributed by atoms with Crippen LogP contribution < -0.4 is 0 Å². The number of nitriles is 1. The number of piperazine rings is 1. The summed E-state index contributed by atoms with van der Waals surface area (Å²) in [7, 11) is 0. The van der Waals surface area contributed by atoms with E-state index >= 15 is 0 Å². The van der Waals surface area contributed by atoms with E-state index in [0.29, 0.717) is 19.0 Å². The van der Waals surface area contributed by atoms with Crippen molar-refractivity contribution in [3.8, 4) is 6.07 Å². The van der Waals surface area contributed by atoms with Crippen molar-refractivity contribution in [2.45, 2.75) is 56.9 Å². The zero-order chi connectivity index (χ0) is 20.3. The lowest BCUT2D eigenvalue weighted by Gasteiger charge is -2.36. The molecule has 3 heterocycles. The maximum Gasteiger partial charge on any atom is 0.240 e. The Morgan fingerprint density at radius 1 is 1.34 bits per heavy atom. The predicted octanol–water partition coefficient (Wildman–Crippen LogP) is 1.76. The van der Waals surface area contributed by atoms with Crippen LogP contribution in [-0.2, 0) is 16.1 Å². The number of likely N-dealkylation sites (tertiary alicyclic amines) is 3. The molecule has 4 aliphatic rings. The summed E-state index contributed by atoms with van der Waals surface area (Å²) in [6.45, 7) is 3.64. The molecule has 1 saturated carbocycles. The van der Waals surface area contributed by atoms with Gasteiger partial charge < -0.3 is 9.80 Å². The van der Waals surface area contributed by atoms with Crippen LogP contribution >= 0.6 is 0 Å². The minimum absolute atomic E-state index is 0.0494. The standard InChI is InChI=1S/C22H25FN4O2/c1-13(21(28)27-17(9-24)6-15-7-19(15)27)10-25-12-18-8-20(25)22(29)26(18)11-14-3-2-4-16(23)5-14/h2-5,13,15,17-20H,6-8,10-12H2,1H3/t13-,15+,17-,18-,19-,20-/m0/s1. The number of carbonyl (C=O) groups is 2. The quantitative estimate of drug-likeness (QED) is 0.761. The summed E-state index contributed by atoms with van der Waals surface area (Å²) < 4.78 is 13.5. The van der Waals surface area contributed by atoms with Gasteiger partial charge in [0.2, 0.25) is 11.8 Å². The Morgan fingerprint density at radius 2 is 2.17 bits per heavy atom. The topological polar surface area (TPSA) is 67.7 Å². The molecule has 2 amide bonds. The first-order valence-electron chi connectivity index (χ1n) is 10.5. The Kier molecular flexibility index (Phi) is 4.36. The maximum atomic E-state index is 13.5. The highest BCUT2D eigenvalue weighted by molar-refractivity contribution is 5.86. The van der Waals surface area contributed by atoms with Gasteiger partial charge in [0.1, 0.15) is 11.9 Å². The molecule has 5 rings (SSSR count). The largest absolute Gasteiger partial charge is 0.333 e. The third-order valence-corrected chi connectivity index (χ3v) is 7.07. The van der Waals surface area contributed by atoms with Crippen molar-refractivity contribution in [1.82, 2.24) is 14.7 Å².